The van der Waals surface area contributed by atoms with Crippen molar-refractivity contribution in [2.45, 2.75) is 12.5 Å². The highest BCUT2D eigenvalue weighted by Crippen LogP contribution is 2.16. The van der Waals surface area contributed by atoms with E-state index in [-0.39, 0.29) is 15.9 Å². The Morgan fingerprint density at radius 1 is 1.50 bits per heavy atom. The second kappa shape index (κ2) is 5.38. The first-order valence-electron chi connectivity index (χ1n) is 5.84. The number of aromatic nitrogens is 2. The molecule has 0 saturated carbocycles. The average Bonchev–Trinajstić information content (AvgIpc) is 2.31. The van der Waals surface area contributed by atoms with Gasteiger partial charge >= 0.3 is 0 Å². The van der Waals surface area contributed by atoms with Crippen molar-refractivity contribution in [3.05, 3.63) is 20.7 Å². The summed E-state index contributed by atoms with van der Waals surface area (Å²) in [4.78, 5) is 22.7. The third-order valence-corrected chi connectivity index (χ3v) is 4.02. The topological polar surface area (TPSA) is 72.5 Å². The highest BCUT2D eigenvalue weighted by atomic mass is 79.9. The van der Waals surface area contributed by atoms with Gasteiger partial charge in [0, 0.05) is 32.1 Å². The molecule has 1 atom stereocenters. The second-order valence-corrected chi connectivity index (χ2v) is 5.54. The third-order valence-electron chi connectivity index (χ3n) is 3.30. The Bertz CT molecular complexity index is 490. The first-order valence-corrected chi connectivity index (χ1v) is 6.63. The fourth-order valence-corrected chi connectivity index (χ4v) is 2.32. The normalized spacial score (nSPS) is 22.3. The lowest BCUT2D eigenvalue weighted by Gasteiger charge is -2.37. The lowest BCUT2D eigenvalue weighted by atomic mass is 10.1. The zero-order valence-corrected chi connectivity index (χ0v) is 12.1. The summed E-state index contributed by atoms with van der Waals surface area (Å²) < 4.78 is 0.0837. The number of likely N-dealkylation sites (N-methyl/N-ethyl adjacent to an activating group) is 2. The molecule has 0 spiro atoms. The van der Waals surface area contributed by atoms with Crippen LogP contribution in [0.3, 0.4) is 0 Å². The molecule has 0 bridgehead atoms. The van der Waals surface area contributed by atoms with Crippen LogP contribution in [0.25, 0.3) is 0 Å². The second-order valence-electron chi connectivity index (χ2n) is 4.75. The smallest absolute Gasteiger partial charge is 0.269 e. The van der Waals surface area contributed by atoms with Gasteiger partial charge in [-0.3, -0.25) is 4.79 Å². The zero-order valence-electron chi connectivity index (χ0n) is 10.5. The van der Waals surface area contributed by atoms with Crippen LogP contribution in [0.4, 0.5) is 0 Å². The Morgan fingerprint density at radius 3 is 2.89 bits per heavy atom. The van der Waals surface area contributed by atoms with E-state index in [0.29, 0.717) is 18.3 Å². The van der Waals surface area contributed by atoms with Crippen LogP contribution in [0.15, 0.2) is 9.27 Å². The summed E-state index contributed by atoms with van der Waals surface area (Å²) >= 11 is 2.98. The van der Waals surface area contributed by atoms with Gasteiger partial charge in [-0.15, -0.1) is 0 Å². The summed E-state index contributed by atoms with van der Waals surface area (Å²) in [6.07, 6.45) is 0.622. The van der Waals surface area contributed by atoms with E-state index in [1.54, 1.807) is 0 Å². The van der Waals surface area contributed by atoms with Gasteiger partial charge in [0.25, 0.3) is 5.56 Å². The molecule has 2 heterocycles. The zero-order chi connectivity index (χ0) is 13.3. The molecule has 0 aromatic carbocycles. The first-order chi connectivity index (χ1) is 8.47. The van der Waals surface area contributed by atoms with Gasteiger partial charge in [-0.2, -0.15) is 4.98 Å². The molecule has 1 saturated heterocycles. The molecule has 0 radical (unpaired) electrons. The Balaban J connectivity index is 2.16. The van der Waals surface area contributed by atoms with E-state index in [2.05, 4.69) is 49.8 Å². The van der Waals surface area contributed by atoms with Gasteiger partial charge < -0.3 is 19.9 Å². The molecule has 6 nitrogen and oxygen atoms in total. The molecule has 7 heteroatoms. The highest BCUT2D eigenvalue weighted by Gasteiger charge is 2.23. The van der Waals surface area contributed by atoms with Crippen LogP contribution in [-0.2, 0) is 6.42 Å². The van der Waals surface area contributed by atoms with Gasteiger partial charge in [-0.25, -0.2) is 0 Å². The van der Waals surface area contributed by atoms with E-state index in [4.69, 9.17) is 0 Å². The van der Waals surface area contributed by atoms with Gasteiger partial charge in [0.2, 0.25) is 5.88 Å². The van der Waals surface area contributed by atoms with Crippen molar-refractivity contribution in [2.24, 2.45) is 0 Å². The average molecular weight is 317 g/mol. The van der Waals surface area contributed by atoms with Gasteiger partial charge in [-0.05, 0) is 30.0 Å². The van der Waals surface area contributed by atoms with E-state index in [1.807, 2.05) is 0 Å². The third kappa shape index (κ3) is 2.90. The van der Waals surface area contributed by atoms with Crippen molar-refractivity contribution in [1.82, 2.24) is 19.8 Å². The molecule has 18 heavy (non-hydrogen) atoms. The van der Waals surface area contributed by atoms with Gasteiger partial charge in [0.15, 0.2) is 0 Å². The van der Waals surface area contributed by atoms with Crippen LogP contribution in [0.1, 0.15) is 5.82 Å². The predicted octanol–water partition coefficient (Wildman–Crippen LogP) is 0.0263. The molecule has 1 aliphatic rings. The summed E-state index contributed by atoms with van der Waals surface area (Å²) in [5, 5.41) is 9.53. The van der Waals surface area contributed by atoms with Crippen LogP contribution in [0.2, 0.25) is 0 Å². The molecule has 1 aromatic rings. The van der Waals surface area contributed by atoms with E-state index < -0.39 is 0 Å². The number of aromatic hydroxyl groups is 1. The van der Waals surface area contributed by atoms with Crippen molar-refractivity contribution >= 4 is 15.9 Å². The van der Waals surface area contributed by atoms with Gasteiger partial charge in [0.1, 0.15) is 10.3 Å². The van der Waals surface area contributed by atoms with E-state index in [0.717, 1.165) is 19.6 Å². The number of H-pyrrole nitrogens is 1. The van der Waals surface area contributed by atoms with E-state index in [9.17, 15) is 9.90 Å². The molecule has 1 fully saturated rings. The lowest BCUT2D eigenvalue weighted by molar-refractivity contribution is 0.113. The number of nitrogens with zero attached hydrogens (tertiary/aromatic N) is 3. The molecule has 100 valence electrons. The minimum Gasteiger partial charge on any atom is -0.492 e. The number of hydrogen-bond acceptors (Lipinski definition) is 5. The number of hydrogen-bond donors (Lipinski definition) is 2. The maximum absolute atomic E-state index is 11.5. The van der Waals surface area contributed by atoms with Gasteiger partial charge in [0.05, 0.1) is 0 Å². The van der Waals surface area contributed by atoms with Crippen molar-refractivity contribution in [3.63, 3.8) is 0 Å². The van der Waals surface area contributed by atoms with E-state index in [1.165, 1.54) is 0 Å². The lowest BCUT2D eigenvalue weighted by Crippen LogP contribution is -2.51. The molecule has 0 aliphatic carbocycles. The Labute approximate surface area is 114 Å². The molecular weight excluding hydrogens is 300 g/mol. The molecule has 1 aliphatic heterocycles. The molecule has 2 N–H and O–H groups in total. The number of piperazine rings is 1. The van der Waals surface area contributed by atoms with Crippen LogP contribution in [0.5, 0.6) is 5.88 Å². The standard InChI is InChI=1S/C11H17BrN4O2/c1-15-3-4-16(2)7(6-15)5-8-13-10(17)9(12)11(18)14-8/h7H,3-6H2,1-2H3,(H2,13,14,17,18). The highest BCUT2D eigenvalue weighted by molar-refractivity contribution is 9.10. The Hall–Kier alpha value is -0.920. The minimum atomic E-state index is -0.343. The summed E-state index contributed by atoms with van der Waals surface area (Å²) in [6.45, 7) is 2.97. The quantitative estimate of drug-likeness (QED) is 0.805. The summed E-state index contributed by atoms with van der Waals surface area (Å²) in [6, 6.07) is 0.299. The summed E-state index contributed by atoms with van der Waals surface area (Å²) in [5.41, 5.74) is -0.343. The van der Waals surface area contributed by atoms with Crippen LogP contribution in [-0.4, -0.2) is 64.6 Å². The first kappa shape index (κ1) is 13.5. The maximum Gasteiger partial charge on any atom is 0.269 e. The minimum absolute atomic E-state index is 0.0837. The number of halogens is 1. The van der Waals surface area contributed by atoms with Crippen LogP contribution < -0.4 is 5.56 Å². The largest absolute Gasteiger partial charge is 0.492 e. The maximum atomic E-state index is 11.5. The van der Waals surface area contributed by atoms with Crippen molar-refractivity contribution < 1.29 is 5.11 Å². The van der Waals surface area contributed by atoms with Crippen molar-refractivity contribution in [2.75, 3.05) is 33.7 Å². The molecule has 1 unspecified atom stereocenters. The molecule has 0 amide bonds. The predicted molar refractivity (Wildman–Crippen MR) is 71.8 cm³/mol. The fraction of sp³-hybridized carbons (Fsp3) is 0.636. The molecule has 2 rings (SSSR count). The molecule has 1 aromatic heterocycles. The van der Waals surface area contributed by atoms with Crippen molar-refractivity contribution in [1.29, 1.82) is 0 Å². The Kier molecular flexibility index (Phi) is 4.04. The van der Waals surface area contributed by atoms with Gasteiger partial charge in [-0.1, -0.05) is 0 Å². The fourth-order valence-electron chi connectivity index (χ4n) is 2.13. The monoisotopic (exact) mass is 316 g/mol. The summed E-state index contributed by atoms with van der Waals surface area (Å²) in [5.74, 6) is 0.272. The van der Waals surface area contributed by atoms with Crippen molar-refractivity contribution in [3.8, 4) is 5.88 Å². The molecular formula is C11H17BrN4O2. The van der Waals surface area contributed by atoms with E-state index >= 15 is 0 Å². The number of aromatic amines is 1. The number of rotatable bonds is 2. The number of nitrogens with one attached hydrogen (secondary N) is 1. The SMILES string of the molecule is CN1CCN(C)C(Cc2nc(O)c(Br)c(=O)[nH]2)C1. The summed E-state index contributed by atoms with van der Waals surface area (Å²) in [7, 11) is 4.14. The van der Waals surface area contributed by atoms with Crippen LogP contribution >= 0.6 is 15.9 Å². The van der Waals surface area contributed by atoms with Crippen LogP contribution in [0, 0.1) is 0 Å². The Morgan fingerprint density at radius 2 is 2.22 bits per heavy atom.